The van der Waals surface area contributed by atoms with E-state index in [4.69, 9.17) is 4.74 Å². The Balaban J connectivity index is 1.63. The molecule has 0 spiro atoms. The van der Waals surface area contributed by atoms with E-state index in [0.717, 1.165) is 25.7 Å². The van der Waals surface area contributed by atoms with E-state index in [0.29, 0.717) is 12.3 Å². The van der Waals surface area contributed by atoms with Gasteiger partial charge in [0.05, 0.1) is 28.9 Å². The van der Waals surface area contributed by atoms with Crippen molar-refractivity contribution in [3.05, 3.63) is 15.9 Å². The van der Waals surface area contributed by atoms with Crippen LogP contribution in [0.1, 0.15) is 56.3 Å². The first-order valence-corrected chi connectivity index (χ1v) is 9.31. The van der Waals surface area contributed by atoms with Crippen molar-refractivity contribution < 1.29 is 22.7 Å². The molecular formula is C16H21BrF3N3O2. The van der Waals surface area contributed by atoms with Gasteiger partial charge in [-0.05, 0) is 48.5 Å². The van der Waals surface area contributed by atoms with E-state index < -0.39 is 11.9 Å². The lowest BCUT2D eigenvalue weighted by Crippen LogP contribution is -2.41. The lowest BCUT2D eigenvalue weighted by Gasteiger charge is -2.20. The number of nitrogens with zero attached hydrogens (tertiary/aromatic N) is 2. The molecule has 2 fully saturated rings. The highest BCUT2D eigenvalue weighted by Gasteiger charge is 2.41. The second-order valence-electron chi connectivity index (χ2n) is 6.70. The molecule has 1 amide bonds. The molecule has 2 aliphatic rings. The summed E-state index contributed by atoms with van der Waals surface area (Å²) in [5, 5.41) is 6.58. The van der Waals surface area contributed by atoms with Crippen molar-refractivity contribution in [1.29, 1.82) is 0 Å². The summed E-state index contributed by atoms with van der Waals surface area (Å²) in [6, 6.07) is -0.104. The van der Waals surface area contributed by atoms with Gasteiger partial charge in [-0.3, -0.25) is 9.48 Å². The summed E-state index contributed by atoms with van der Waals surface area (Å²) >= 11 is 3.05. The van der Waals surface area contributed by atoms with Crippen LogP contribution >= 0.6 is 15.9 Å². The molecule has 3 rings (SSSR count). The third kappa shape index (κ3) is 4.36. The van der Waals surface area contributed by atoms with Gasteiger partial charge in [-0.25, -0.2) is 0 Å². The molecule has 0 aromatic carbocycles. The third-order valence-corrected chi connectivity index (χ3v) is 5.41. The van der Waals surface area contributed by atoms with Crippen molar-refractivity contribution in [2.45, 2.75) is 69.8 Å². The number of aromatic nitrogens is 2. The number of carbonyl (C=O) groups is 1. The molecule has 1 saturated heterocycles. The zero-order valence-electron chi connectivity index (χ0n) is 13.9. The Kier molecular flexibility index (Phi) is 5.43. The maximum absolute atomic E-state index is 13.1. The van der Waals surface area contributed by atoms with Crippen molar-refractivity contribution in [2.24, 2.45) is 0 Å². The van der Waals surface area contributed by atoms with E-state index in [-0.39, 0.29) is 41.4 Å². The summed E-state index contributed by atoms with van der Waals surface area (Å²) in [7, 11) is 0. The van der Waals surface area contributed by atoms with Gasteiger partial charge in [0, 0.05) is 18.9 Å². The van der Waals surface area contributed by atoms with Crippen molar-refractivity contribution >= 4 is 21.8 Å². The highest BCUT2D eigenvalue weighted by Crippen LogP contribution is 2.47. The number of aryl methyl sites for hydroxylation is 1. The van der Waals surface area contributed by atoms with E-state index in [1.165, 1.54) is 4.68 Å². The molecule has 140 valence electrons. The number of hydrogen-bond donors (Lipinski definition) is 1. The normalized spacial score (nSPS) is 22.2. The molecule has 0 radical (unpaired) electrons. The Hall–Kier alpha value is -1.09. The van der Waals surface area contributed by atoms with Crippen molar-refractivity contribution in [2.75, 3.05) is 6.61 Å². The van der Waals surface area contributed by atoms with Gasteiger partial charge in [-0.1, -0.05) is 0 Å². The van der Waals surface area contributed by atoms with Gasteiger partial charge >= 0.3 is 6.18 Å². The van der Waals surface area contributed by atoms with Crippen molar-refractivity contribution in [1.82, 2.24) is 15.1 Å². The van der Waals surface area contributed by atoms with E-state index in [9.17, 15) is 18.0 Å². The SMILES string of the molecule is C[C@H](NC(=O)CCn1nc(C(F)(F)F)c(Br)c1C1CC1)[C@@H]1CCCO1. The average Bonchev–Trinajstić information content (AvgIpc) is 3.08. The Morgan fingerprint density at radius 1 is 1.44 bits per heavy atom. The Morgan fingerprint density at radius 2 is 2.16 bits per heavy atom. The first kappa shape index (κ1) is 18.7. The summed E-state index contributed by atoms with van der Waals surface area (Å²) in [6.07, 6.45) is -0.812. The summed E-state index contributed by atoms with van der Waals surface area (Å²) < 4.78 is 46.1. The molecule has 0 bridgehead atoms. The molecule has 1 saturated carbocycles. The van der Waals surface area contributed by atoms with Crippen LogP contribution in [-0.2, 0) is 22.3 Å². The highest BCUT2D eigenvalue weighted by molar-refractivity contribution is 9.10. The Labute approximate surface area is 152 Å². The number of alkyl halides is 3. The fourth-order valence-electron chi connectivity index (χ4n) is 3.17. The van der Waals surface area contributed by atoms with Gasteiger partial charge in [0.2, 0.25) is 5.91 Å². The smallest absolute Gasteiger partial charge is 0.376 e. The van der Waals surface area contributed by atoms with E-state index in [1.807, 2.05) is 6.92 Å². The maximum Gasteiger partial charge on any atom is 0.436 e. The molecule has 2 heterocycles. The highest BCUT2D eigenvalue weighted by atomic mass is 79.9. The van der Waals surface area contributed by atoms with Crippen LogP contribution in [0, 0.1) is 0 Å². The number of hydrogen-bond acceptors (Lipinski definition) is 3. The van der Waals surface area contributed by atoms with E-state index in [2.05, 4.69) is 26.3 Å². The molecule has 25 heavy (non-hydrogen) atoms. The monoisotopic (exact) mass is 423 g/mol. The zero-order valence-corrected chi connectivity index (χ0v) is 15.5. The summed E-state index contributed by atoms with van der Waals surface area (Å²) in [5.41, 5.74) is -0.366. The quantitative estimate of drug-likeness (QED) is 0.759. The van der Waals surface area contributed by atoms with Crippen LogP contribution < -0.4 is 5.32 Å². The van der Waals surface area contributed by atoms with Crippen LogP contribution in [0.25, 0.3) is 0 Å². The predicted octanol–water partition coefficient (Wildman–Crippen LogP) is 3.62. The van der Waals surface area contributed by atoms with Gasteiger partial charge in [0.15, 0.2) is 5.69 Å². The minimum atomic E-state index is -4.51. The van der Waals surface area contributed by atoms with Crippen LogP contribution in [0.15, 0.2) is 4.47 Å². The van der Waals surface area contributed by atoms with Gasteiger partial charge in [-0.15, -0.1) is 0 Å². The van der Waals surface area contributed by atoms with E-state index >= 15 is 0 Å². The molecule has 5 nitrogen and oxygen atoms in total. The predicted molar refractivity (Wildman–Crippen MR) is 88.1 cm³/mol. The minimum Gasteiger partial charge on any atom is -0.376 e. The number of ether oxygens (including phenoxy) is 1. The second-order valence-corrected chi connectivity index (χ2v) is 7.49. The summed E-state index contributed by atoms with van der Waals surface area (Å²) in [4.78, 5) is 12.1. The van der Waals surface area contributed by atoms with Crippen LogP contribution in [-0.4, -0.2) is 34.4 Å². The fourth-order valence-corrected chi connectivity index (χ4v) is 4.01. The first-order valence-electron chi connectivity index (χ1n) is 8.51. The largest absolute Gasteiger partial charge is 0.436 e. The molecule has 1 aromatic heterocycles. The number of carbonyl (C=O) groups excluding carboxylic acids is 1. The summed E-state index contributed by atoms with van der Waals surface area (Å²) in [5.74, 6) is -0.114. The van der Waals surface area contributed by atoms with Crippen LogP contribution in [0.5, 0.6) is 0 Å². The molecule has 9 heteroatoms. The van der Waals surface area contributed by atoms with Crippen LogP contribution in [0.4, 0.5) is 13.2 Å². The fraction of sp³-hybridized carbons (Fsp3) is 0.750. The first-order chi connectivity index (χ1) is 11.8. The Bertz CT molecular complexity index is 637. The number of amides is 1. The standard InChI is InChI=1S/C16H21BrF3N3O2/c1-9(11-3-2-8-25-11)21-12(24)6-7-23-14(10-4-5-10)13(17)15(22-23)16(18,19)20/h9-11H,2-8H2,1H3,(H,21,24)/t9-,11-/m0/s1. The van der Waals surface area contributed by atoms with Crippen LogP contribution in [0.2, 0.25) is 0 Å². The molecule has 2 atom stereocenters. The molecule has 1 aliphatic heterocycles. The van der Waals surface area contributed by atoms with Gasteiger partial charge < -0.3 is 10.1 Å². The molecule has 0 unspecified atom stereocenters. The van der Waals surface area contributed by atoms with Gasteiger partial charge in [0.25, 0.3) is 0 Å². The maximum atomic E-state index is 13.1. The average molecular weight is 424 g/mol. The van der Waals surface area contributed by atoms with Crippen LogP contribution in [0.3, 0.4) is 0 Å². The van der Waals surface area contributed by atoms with Gasteiger partial charge in [-0.2, -0.15) is 18.3 Å². The second kappa shape index (κ2) is 7.26. The number of halogens is 4. The topological polar surface area (TPSA) is 56.2 Å². The van der Waals surface area contributed by atoms with Crippen molar-refractivity contribution in [3.8, 4) is 0 Å². The van der Waals surface area contributed by atoms with Gasteiger partial charge in [0.1, 0.15) is 0 Å². The molecule has 1 aliphatic carbocycles. The zero-order chi connectivity index (χ0) is 18.2. The van der Waals surface area contributed by atoms with E-state index in [1.54, 1.807) is 0 Å². The molecular weight excluding hydrogens is 403 g/mol. The lowest BCUT2D eigenvalue weighted by molar-refractivity contribution is -0.142. The number of nitrogens with one attached hydrogen (secondary N) is 1. The minimum absolute atomic E-state index is 0.00984. The molecule has 1 N–H and O–H groups in total. The lowest BCUT2D eigenvalue weighted by atomic mass is 10.1. The Morgan fingerprint density at radius 3 is 2.72 bits per heavy atom. The number of rotatable bonds is 6. The summed E-state index contributed by atoms with van der Waals surface area (Å²) in [6.45, 7) is 2.72. The third-order valence-electron chi connectivity index (χ3n) is 4.63. The molecule has 1 aromatic rings. The van der Waals surface area contributed by atoms with Crippen molar-refractivity contribution in [3.63, 3.8) is 0 Å².